The van der Waals surface area contributed by atoms with Crippen molar-refractivity contribution in [2.45, 2.75) is 18.7 Å². The number of aryl methyl sites for hydroxylation is 1. The van der Waals surface area contributed by atoms with Gasteiger partial charge in [-0.1, -0.05) is 29.3 Å². The highest BCUT2D eigenvalue weighted by Gasteiger charge is 2.27. The first-order chi connectivity index (χ1) is 15.7. The van der Waals surface area contributed by atoms with Crippen molar-refractivity contribution in [3.8, 4) is 5.75 Å². The van der Waals surface area contributed by atoms with Crippen LogP contribution in [0.2, 0.25) is 5.02 Å². The van der Waals surface area contributed by atoms with Crippen LogP contribution in [0.3, 0.4) is 0 Å². The summed E-state index contributed by atoms with van der Waals surface area (Å²) in [5, 5.41) is 4.53. The Labute approximate surface area is 198 Å². The van der Waals surface area contributed by atoms with Gasteiger partial charge < -0.3 is 4.74 Å². The van der Waals surface area contributed by atoms with Crippen molar-refractivity contribution in [1.29, 1.82) is 0 Å². The van der Waals surface area contributed by atoms with E-state index >= 15 is 0 Å². The Balaban J connectivity index is 1.84. The maximum absolute atomic E-state index is 13.3. The van der Waals surface area contributed by atoms with Crippen molar-refractivity contribution in [2.24, 2.45) is 5.10 Å². The van der Waals surface area contributed by atoms with Crippen LogP contribution in [0.25, 0.3) is 0 Å². The highest BCUT2D eigenvalue weighted by molar-refractivity contribution is 7.92. The third-order valence-corrected chi connectivity index (χ3v) is 6.91. The minimum Gasteiger partial charge on any atom is -0.497 e. The van der Waals surface area contributed by atoms with Gasteiger partial charge in [-0.25, -0.2) is 13.8 Å². The molecule has 0 fully saturated rings. The number of rotatable bonds is 8. The molecule has 1 N–H and O–H groups in total. The van der Waals surface area contributed by atoms with Crippen LogP contribution in [-0.4, -0.2) is 33.7 Å². The maximum atomic E-state index is 13.3. The number of benzene rings is 3. The standard InChI is InChI=1S/C24H24ClN3O4S/c1-17-4-10-21(11-5-17)28(33(30,31)23-14-8-20(25)9-15-23)16-24(29)27-26-18(2)19-6-12-22(32-3)13-7-19/h4-15H,16H2,1-3H3,(H,27,29)/b26-18-. The number of halogens is 1. The number of carbonyl (C=O) groups excluding carboxylic acids is 1. The second-order valence-corrected chi connectivity index (χ2v) is 9.56. The smallest absolute Gasteiger partial charge is 0.264 e. The van der Waals surface area contributed by atoms with E-state index in [1.807, 2.05) is 19.1 Å². The fourth-order valence-electron chi connectivity index (χ4n) is 2.97. The summed E-state index contributed by atoms with van der Waals surface area (Å²) in [6.45, 7) is 3.18. The summed E-state index contributed by atoms with van der Waals surface area (Å²) in [6.07, 6.45) is 0. The zero-order valence-electron chi connectivity index (χ0n) is 18.4. The third-order valence-electron chi connectivity index (χ3n) is 4.87. The fraction of sp³-hybridized carbons (Fsp3) is 0.167. The molecular formula is C24H24ClN3O4S. The van der Waals surface area contributed by atoms with E-state index in [0.29, 0.717) is 22.2 Å². The van der Waals surface area contributed by atoms with E-state index < -0.39 is 22.5 Å². The van der Waals surface area contributed by atoms with Crippen molar-refractivity contribution < 1.29 is 17.9 Å². The average molecular weight is 486 g/mol. The lowest BCUT2D eigenvalue weighted by atomic mass is 10.1. The number of sulfonamides is 1. The van der Waals surface area contributed by atoms with E-state index in [1.165, 1.54) is 24.3 Å². The first kappa shape index (κ1) is 24.3. The quantitative estimate of drug-likeness (QED) is 0.378. The van der Waals surface area contributed by atoms with E-state index in [-0.39, 0.29) is 4.90 Å². The summed E-state index contributed by atoms with van der Waals surface area (Å²) < 4.78 is 32.9. The predicted octanol–water partition coefficient (Wildman–Crippen LogP) is 4.39. The van der Waals surface area contributed by atoms with Crippen LogP contribution in [0.4, 0.5) is 5.69 Å². The number of anilines is 1. The lowest BCUT2D eigenvalue weighted by Gasteiger charge is -2.24. The normalized spacial score (nSPS) is 11.7. The summed E-state index contributed by atoms with van der Waals surface area (Å²) in [5.41, 5.74) is 5.13. The Hall–Kier alpha value is -3.36. The maximum Gasteiger partial charge on any atom is 0.264 e. The van der Waals surface area contributed by atoms with Gasteiger partial charge in [-0.05, 0) is 80.1 Å². The van der Waals surface area contributed by atoms with E-state index in [1.54, 1.807) is 50.4 Å². The molecule has 3 rings (SSSR count). The second kappa shape index (κ2) is 10.5. The number of amides is 1. The summed E-state index contributed by atoms with van der Waals surface area (Å²) >= 11 is 5.90. The van der Waals surface area contributed by atoms with Gasteiger partial charge >= 0.3 is 0 Å². The Kier molecular flexibility index (Phi) is 7.73. The van der Waals surface area contributed by atoms with Crippen LogP contribution in [-0.2, 0) is 14.8 Å². The molecule has 3 aromatic carbocycles. The Morgan fingerprint density at radius 3 is 2.18 bits per heavy atom. The number of nitrogens with zero attached hydrogens (tertiary/aromatic N) is 2. The molecule has 1 amide bonds. The van der Waals surface area contributed by atoms with Crippen molar-refractivity contribution >= 4 is 38.9 Å². The van der Waals surface area contributed by atoms with Gasteiger partial charge in [0.15, 0.2) is 0 Å². The van der Waals surface area contributed by atoms with Crippen LogP contribution in [0, 0.1) is 6.92 Å². The van der Waals surface area contributed by atoms with Crippen LogP contribution in [0.1, 0.15) is 18.1 Å². The second-order valence-electron chi connectivity index (χ2n) is 7.26. The monoisotopic (exact) mass is 485 g/mol. The van der Waals surface area contributed by atoms with Crippen LogP contribution in [0.15, 0.2) is 82.8 Å². The van der Waals surface area contributed by atoms with Gasteiger partial charge in [0.2, 0.25) is 0 Å². The number of methoxy groups -OCH3 is 1. The van der Waals surface area contributed by atoms with E-state index in [2.05, 4.69) is 10.5 Å². The number of carbonyl (C=O) groups is 1. The molecule has 0 aromatic heterocycles. The molecule has 0 bridgehead atoms. The van der Waals surface area contributed by atoms with Gasteiger partial charge in [-0.3, -0.25) is 9.10 Å². The number of hydrogen-bond acceptors (Lipinski definition) is 5. The number of hydrogen-bond donors (Lipinski definition) is 1. The lowest BCUT2D eigenvalue weighted by molar-refractivity contribution is -0.119. The molecule has 172 valence electrons. The van der Waals surface area contributed by atoms with Gasteiger partial charge in [0.1, 0.15) is 12.3 Å². The molecule has 0 aliphatic carbocycles. The Bertz CT molecular complexity index is 1240. The van der Waals surface area contributed by atoms with E-state index in [4.69, 9.17) is 16.3 Å². The lowest BCUT2D eigenvalue weighted by Crippen LogP contribution is -2.39. The highest BCUT2D eigenvalue weighted by atomic mass is 35.5. The Morgan fingerprint density at radius 2 is 1.61 bits per heavy atom. The van der Waals surface area contributed by atoms with Gasteiger partial charge in [-0.2, -0.15) is 5.10 Å². The van der Waals surface area contributed by atoms with Gasteiger partial charge in [-0.15, -0.1) is 0 Å². The molecule has 0 unspecified atom stereocenters. The summed E-state index contributed by atoms with van der Waals surface area (Å²) in [4.78, 5) is 12.7. The van der Waals surface area contributed by atoms with Crippen LogP contribution >= 0.6 is 11.6 Å². The van der Waals surface area contributed by atoms with Crippen LogP contribution in [0.5, 0.6) is 5.75 Å². The average Bonchev–Trinajstić information content (AvgIpc) is 2.82. The van der Waals surface area contributed by atoms with Crippen molar-refractivity contribution in [3.63, 3.8) is 0 Å². The molecule has 0 heterocycles. The zero-order valence-corrected chi connectivity index (χ0v) is 20.0. The number of hydrazone groups is 1. The fourth-order valence-corrected chi connectivity index (χ4v) is 4.52. The van der Waals surface area contributed by atoms with Crippen molar-refractivity contribution in [1.82, 2.24) is 5.43 Å². The highest BCUT2D eigenvalue weighted by Crippen LogP contribution is 2.25. The minimum atomic E-state index is -4.03. The van der Waals surface area contributed by atoms with Crippen LogP contribution < -0.4 is 14.5 Å². The summed E-state index contributed by atoms with van der Waals surface area (Å²) in [5.74, 6) is 0.123. The molecule has 0 atom stereocenters. The van der Waals surface area contributed by atoms with Gasteiger partial charge in [0.25, 0.3) is 15.9 Å². The molecule has 0 aliphatic heterocycles. The molecule has 0 aliphatic rings. The summed E-state index contributed by atoms with van der Waals surface area (Å²) in [7, 11) is -2.45. The number of ether oxygens (including phenoxy) is 1. The topological polar surface area (TPSA) is 88.1 Å². The zero-order chi connectivity index (χ0) is 24.0. The Morgan fingerprint density at radius 1 is 1.00 bits per heavy atom. The molecule has 0 saturated heterocycles. The van der Waals surface area contributed by atoms with E-state index in [9.17, 15) is 13.2 Å². The molecule has 0 spiro atoms. The summed E-state index contributed by atoms with van der Waals surface area (Å²) in [6, 6.07) is 19.9. The number of nitrogens with one attached hydrogen (secondary N) is 1. The molecule has 9 heteroatoms. The molecule has 0 radical (unpaired) electrons. The third kappa shape index (κ3) is 6.12. The minimum absolute atomic E-state index is 0.0261. The first-order valence-corrected chi connectivity index (χ1v) is 11.8. The predicted molar refractivity (Wildman–Crippen MR) is 131 cm³/mol. The molecular weight excluding hydrogens is 462 g/mol. The molecule has 7 nitrogen and oxygen atoms in total. The van der Waals surface area contributed by atoms with E-state index in [0.717, 1.165) is 15.4 Å². The van der Waals surface area contributed by atoms with Crippen molar-refractivity contribution in [3.05, 3.63) is 88.9 Å². The van der Waals surface area contributed by atoms with Gasteiger partial charge in [0, 0.05) is 5.02 Å². The van der Waals surface area contributed by atoms with Gasteiger partial charge in [0.05, 0.1) is 23.4 Å². The largest absolute Gasteiger partial charge is 0.497 e. The molecule has 0 saturated carbocycles. The molecule has 33 heavy (non-hydrogen) atoms. The SMILES string of the molecule is COc1ccc(/C(C)=N\NC(=O)CN(c2ccc(C)cc2)S(=O)(=O)c2ccc(Cl)cc2)cc1. The molecule has 3 aromatic rings. The first-order valence-electron chi connectivity index (χ1n) is 10.0. The van der Waals surface area contributed by atoms with Crippen molar-refractivity contribution in [2.75, 3.05) is 18.0 Å².